The number of halogens is 1. The lowest BCUT2D eigenvalue weighted by Crippen LogP contribution is -2.45. The van der Waals surface area contributed by atoms with Crippen LogP contribution in [0.3, 0.4) is 0 Å². The summed E-state index contributed by atoms with van der Waals surface area (Å²) >= 11 is 0. The van der Waals surface area contributed by atoms with Crippen molar-refractivity contribution in [2.75, 3.05) is 12.4 Å². The first-order valence-corrected chi connectivity index (χ1v) is 10.8. The average Bonchev–Trinajstić information content (AvgIpc) is 3.01. The molecule has 0 saturated carbocycles. The second-order valence-electron chi connectivity index (χ2n) is 7.11. The van der Waals surface area contributed by atoms with E-state index in [4.69, 9.17) is 15.6 Å². The SMILES string of the molecule is CC.CN(C(=N)OC(=N)c1ccc(F)cc1)C1N=C(c2ccccc2)c2ccccc2NC1=O. The largest absolute Gasteiger partial charge is 0.407 e. The molecule has 0 fully saturated rings. The maximum absolute atomic E-state index is 13.1. The number of fused-ring (bicyclic) bond motifs is 1. The number of carbonyl (C=O) groups excluding carboxylic acids is 1. The topological polar surface area (TPSA) is 102 Å². The summed E-state index contributed by atoms with van der Waals surface area (Å²) in [6, 6.07) is 21.5. The molecule has 1 aliphatic rings. The van der Waals surface area contributed by atoms with Crippen LogP contribution in [0.1, 0.15) is 30.5 Å². The third-order valence-electron chi connectivity index (χ3n) is 4.97. The summed E-state index contributed by atoms with van der Waals surface area (Å²) in [5, 5.41) is 19.2. The number of carbonyl (C=O) groups is 1. The van der Waals surface area contributed by atoms with E-state index in [1.54, 1.807) is 6.07 Å². The molecule has 8 heteroatoms. The number of hydrogen-bond acceptors (Lipinski definition) is 5. The Kier molecular flexibility index (Phi) is 7.87. The van der Waals surface area contributed by atoms with Crippen LogP contribution in [-0.4, -0.2) is 41.7 Å². The summed E-state index contributed by atoms with van der Waals surface area (Å²) < 4.78 is 18.5. The molecule has 3 N–H and O–H groups in total. The molecule has 0 spiro atoms. The van der Waals surface area contributed by atoms with Crippen molar-refractivity contribution in [2.45, 2.75) is 20.0 Å². The average molecular weight is 460 g/mol. The van der Waals surface area contributed by atoms with Gasteiger partial charge in [0.1, 0.15) is 5.82 Å². The Morgan fingerprint density at radius 3 is 2.26 bits per heavy atom. The Morgan fingerprint density at radius 2 is 1.59 bits per heavy atom. The van der Waals surface area contributed by atoms with Crippen molar-refractivity contribution in [3.63, 3.8) is 0 Å². The molecule has 1 amide bonds. The van der Waals surface area contributed by atoms with Gasteiger partial charge >= 0.3 is 0 Å². The van der Waals surface area contributed by atoms with Crippen molar-refractivity contribution in [3.8, 4) is 0 Å². The molecule has 1 aliphatic heterocycles. The van der Waals surface area contributed by atoms with Gasteiger partial charge in [0, 0.05) is 23.7 Å². The van der Waals surface area contributed by atoms with Crippen LogP contribution in [0.2, 0.25) is 0 Å². The second kappa shape index (κ2) is 11.0. The van der Waals surface area contributed by atoms with E-state index < -0.39 is 23.9 Å². The molecule has 3 aromatic rings. The smallest absolute Gasteiger partial charge is 0.293 e. The van der Waals surface area contributed by atoms with E-state index >= 15 is 0 Å². The van der Waals surface area contributed by atoms with Crippen molar-refractivity contribution in [3.05, 3.63) is 101 Å². The van der Waals surface area contributed by atoms with E-state index in [9.17, 15) is 9.18 Å². The van der Waals surface area contributed by atoms with Gasteiger partial charge < -0.3 is 10.1 Å². The summed E-state index contributed by atoms with van der Waals surface area (Å²) in [6.07, 6.45) is -1.11. The molecule has 0 aliphatic carbocycles. The maximum atomic E-state index is 13.1. The van der Waals surface area contributed by atoms with E-state index in [1.165, 1.54) is 36.2 Å². The molecule has 7 nitrogen and oxygen atoms in total. The Bertz CT molecular complexity index is 1210. The van der Waals surface area contributed by atoms with Gasteiger partial charge in [-0.15, -0.1) is 0 Å². The highest BCUT2D eigenvalue weighted by atomic mass is 19.1. The Morgan fingerprint density at radius 1 is 0.971 bits per heavy atom. The first kappa shape index (κ1) is 24.3. The van der Waals surface area contributed by atoms with Gasteiger partial charge in [0.15, 0.2) is 0 Å². The molecule has 34 heavy (non-hydrogen) atoms. The number of nitrogens with one attached hydrogen (secondary N) is 3. The van der Waals surface area contributed by atoms with Crippen molar-refractivity contribution >= 4 is 29.2 Å². The first-order valence-electron chi connectivity index (χ1n) is 10.8. The van der Waals surface area contributed by atoms with E-state index in [-0.39, 0.29) is 5.90 Å². The van der Waals surface area contributed by atoms with Gasteiger partial charge in [0.05, 0.1) is 11.4 Å². The zero-order chi connectivity index (χ0) is 24.7. The lowest BCUT2D eigenvalue weighted by molar-refractivity contribution is -0.119. The van der Waals surface area contributed by atoms with E-state index in [0.29, 0.717) is 17.0 Å². The molecular weight excluding hydrogens is 433 g/mol. The standard InChI is InChI=1S/C24H20FN5O2.C2H6/c1-30(24(27)32-21(26)16-11-13-17(25)14-12-16)22-23(31)28-19-10-6-5-9-18(19)20(29-22)15-7-3-2-4-8-15;1-2/h2-14,22,26-27H,1H3,(H,28,31);1-2H3. The third-order valence-corrected chi connectivity index (χ3v) is 4.97. The monoisotopic (exact) mass is 459 g/mol. The predicted octanol–water partition coefficient (Wildman–Crippen LogP) is 4.88. The molecule has 1 atom stereocenters. The summed E-state index contributed by atoms with van der Waals surface area (Å²) in [5.74, 6) is -1.22. The quantitative estimate of drug-likeness (QED) is 0.384. The van der Waals surface area contributed by atoms with E-state index in [2.05, 4.69) is 10.3 Å². The fourth-order valence-electron chi connectivity index (χ4n) is 3.27. The maximum Gasteiger partial charge on any atom is 0.293 e. The Hall–Kier alpha value is -4.33. The predicted molar refractivity (Wildman–Crippen MR) is 132 cm³/mol. The molecule has 1 heterocycles. The van der Waals surface area contributed by atoms with Gasteiger partial charge in [0.25, 0.3) is 11.9 Å². The van der Waals surface area contributed by atoms with Crippen molar-refractivity contribution in [1.82, 2.24) is 4.90 Å². The molecule has 0 radical (unpaired) electrons. The highest BCUT2D eigenvalue weighted by Gasteiger charge is 2.31. The number of benzodiazepines with no additional fused rings is 1. The van der Waals surface area contributed by atoms with Gasteiger partial charge in [-0.3, -0.25) is 20.5 Å². The van der Waals surface area contributed by atoms with Gasteiger partial charge in [-0.2, -0.15) is 0 Å². The summed E-state index contributed by atoms with van der Waals surface area (Å²) in [6.45, 7) is 4.00. The number of amides is 1. The minimum Gasteiger partial charge on any atom is -0.407 e. The van der Waals surface area contributed by atoms with Crippen molar-refractivity contribution in [2.24, 2.45) is 4.99 Å². The van der Waals surface area contributed by atoms with Crippen LogP contribution in [-0.2, 0) is 9.53 Å². The first-order chi connectivity index (χ1) is 16.4. The molecule has 1 unspecified atom stereocenters. The molecule has 4 rings (SSSR count). The van der Waals surface area contributed by atoms with Crippen LogP contribution in [0.25, 0.3) is 0 Å². The number of likely N-dealkylation sites (N-methyl/N-ethyl adjacent to an activating group) is 1. The van der Waals surface area contributed by atoms with Crippen LogP contribution in [0.5, 0.6) is 0 Å². The fourth-order valence-corrected chi connectivity index (χ4v) is 3.27. The number of benzene rings is 3. The normalized spacial score (nSPS) is 14.3. The number of aliphatic imine (C=N–C) groups is 1. The van der Waals surface area contributed by atoms with E-state index in [1.807, 2.05) is 62.4 Å². The molecule has 174 valence electrons. The Balaban J connectivity index is 0.00000158. The van der Waals surface area contributed by atoms with Gasteiger partial charge in [0.2, 0.25) is 12.1 Å². The number of anilines is 1. The molecule has 0 saturated heterocycles. The minimum absolute atomic E-state index is 0.302. The molecule has 3 aromatic carbocycles. The molecule has 0 bridgehead atoms. The van der Waals surface area contributed by atoms with Crippen LogP contribution in [0.15, 0.2) is 83.9 Å². The summed E-state index contributed by atoms with van der Waals surface area (Å²) in [4.78, 5) is 18.9. The summed E-state index contributed by atoms with van der Waals surface area (Å²) in [7, 11) is 1.49. The summed E-state index contributed by atoms with van der Waals surface area (Å²) in [5.41, 5.74) is 3.09. The van der Waals surface area contributed by atoms with Crippen LogP contribution in [0.4, 0.5) is 10.1 Å². The van der Waals surface area contributed by atoms with Gasteiger partial charge in [-0.05, 0) is 30.3 Å². The molecule has 0 aromatic heterocycles. The highest BCUT2D eigenvalue weighted by Crippen LogP contribution is 2.25. The van der Waals surface area contributed by atoms with E-state index in [0.717, 1.165) is 11.1 Å². The van der Waals surface area contributed by atoms with Gasteiger partial charge in [-0.25, -0.2) is 9.38 Å². The highest BCUT2D eigenvalue weighted by molar-refractivity contribution is 6.19. The second-order valence-corrected chi connectivity index (χ2v) is 7.11. The van der Waals surface area contributed by atoms with Crippen LogP contribution >= 0.6 is 0 Å². The van der Waals surface area contributed by atoms with Crippen molar-refractivity contribution < 1.29 is 13.9 Å². The number of amidine groups is 1. The Labute approximate surface area is 197 Å². The third kappa shape index (κ3) is 5.35. The number of nitrogens with zero attached hydrogens (tertiary/aromatic N) is 2. The number of rotatable bonds is 3. The number of ether oxygens (including phenoxy) is 1. The van der Waals surface area contributed by atoms with Crippen molar-refractivity contribution in [1.29, 1.82) is 10.8 Å². The number of para-hydroxylation sites is 1. The lowest BCUT2D eigenvalue weighted by Gasteiger charge is -2.25. The van der Waals surface area contributed by atoms with Crippen LogP contribution in [0, 0.1) is 16.6 Å². The zero-order valence-electron chi connectivity index (χ0n) is 19.2. The van der Waals surface area contributed by atoms with Gasteiger partial charge in [-0.1, -0.05) is 62.4 Å². The zero-order valence-corrected chi connectivity index (χ0v) is 19.2. The fraction of sp³-hybridized carbons (Fsp3) is 0.154. The minimum atomic E-state index is -1.11. The number of hydrogen-bond donors (Lipinski definition) is 3. The molecular formula is C26H26FN5O2. The van der Waals surface area contributed by atoms with Crippen LogP contribution < -0.4 is 5.32 Å². The lowest BCUT2D eigenvalue weighted by atomic mass is 10.0.